The molecule has 0 aliphatic carbocycles. The fourth-order valence-corrected chi connectivity index (χ4v) is 4.25. The number of guanidine groups is 1. The zero-order valence-electron chi connectivity index (χ0n) is 17.0. The van der Waals surface area contributed by atoms with Gasteiger partial charge in [-0.15, -0.1) is 10.2 Å². The predicted octanol–water partition coefficient (Wildman–Crippen LogP) is 2.96. The molecule has 6 heteroatoms. The van der Waals surface area contributed by atoms with Crippen LogP contribution < -0.4 is 5.32 Å². The quantitative estimate of drug-likeness (QED) is 0.492. The third-order valence-corrected chi connectivity index (χ3v) is 5.77. The third-order valence-electron chi connectivity index (χ3n) is 5.77. The van der Waals surface area contributed by atoms with Gasteiger partial charge in [0.25, 0.3) is 0 Å². The van der Waals surface area contributed by atoms with Crippen LogP contribution in [0, 0.1) is 0 Å². The summed E-state index contributed by atoms with van der Waals surface area (Å²) in [6.07, 6.45) is 7.93. The molecule has 0 fully saturated rings. The molecule has 150 valence electrons. The first-order valence-electron chi connectivity index (χ1n) is 10.9. The second kappa shape index (κ2) is 9.22. The van der Waals surface area contributed by atoms with Gasteiger partial charge in [0.05, 0.1) is 0 Å². The summed E-state index contributed by atoms with van der Waals surface area (Å²) in [5, 5.41) is 12.3. The van der Waals surface area contributed by atoms with E-state index >= 15 is 0 Å². The maximum atomic E-state index is 4.91. The summed E-state index contributed by atoms with van der Waals surface area (Å²) in [5.41, 5.74) is 2.90. The van der Waals surface area contributed by atoms with Gasteiger partial charge in [-0.25, -0.2) is 0 Å². The van der Waals surface area contributed by atoms with Crippen LogP contribution in [0.25, 0.3) is 0 Å². The number of rotatable bonds is 5. The molecule has 2 aliphatic rings. The van der Waals surface area contributed by atoms with E-state index in [-0.39, 0.29) is 0 Å². The molecule has 3 heterocycles. The minimum atomic E-state index is 0.822. The molecule has 0 radical (unpaired) electrons. The summed E-state index contributed by atoms with van der Waals surface area (Å²) in [4.78, 5) is 7.30. The first-order chi connectivity index (χ1) is 13.8. The fourth-order valence-electron chi connectivity index (χ4n) is 4.25. The van der Waals surface area contributed by atoms with Crippen molar-refractivity contribution in [3.05, 3.63) is 47.0 Å². The lowest BCUT2D eigenvalue weighted by atomic mass is 10.0. The van der Waals surface area contributed by atoms with Gasteiger partial charge in [0.15, 0.2) is 5.96 Å². The van der Waals surface area contributed by atoms with Gasteiger partial charge >= 0.3 is 0 Å². The Morgan fingerprint density at radius 1 is 1.07 bits per heavy atom. The molecule has 1 aromatic carbocycles. The van der Waals surface area contributed by atoms with Crippen molar-refractivity contribution in [1.29, 1.82) is 0 Å². The molecule has 28 heavy (non-hydrogen) atoms. The Balaban J connectivity index is 1.35. The zero-order chi connectivity index (χ0) is 19.2. The average molecular weight is 381 g/mol. The van der Waals surface area contributed by atoms with Crippen molar-refractivity contribution < 1.29 is 0 Å². The summed E-state index contributed by atoms with van der Waals surface area (Å²) in [6.45, 7) is 6.91. The predicted molar refractivity (Wildman–Crippen MR) is 112 cm³/mol. The highest BCUT2D eigenvalue weighted by Crippen LogP contribution is 2.19. The van der Waals surface area contributed by atoms with Gasteiger partial charge in [-0.3, -0.25) is 4.99 Å². The Hall–Kier alpha value is -2.37. The van der Waals surface area contributed by atoms with Crippen LogP contribution in [0.15, 0.2) is 29.3 Å². The Bertz CT molecular complexity index is 809. The number of hydrogen-bond donors (Lipinski definition) is 1. The largest absolute Gasteiger partial charge is 0.357 e. The number of nitrogens with zero attached hydrogens (tertiary/aromatic N) is 5. The standard InChI is InChI=1S/C22H32N6/c1-2-23-22(27-16-13-18-9-5-6-10-19(18)17-27)24-14-8-12-21-26-25-20-11-4-3-7-15-28(20)21/h5-6,9-10H,2-4,7-8,11-17H2,1H3,(H,23,24). The van der Waals surface area contributed by atoms with Crippen LogP contribution in [0.2, 0.25) is 0 Å². The average Bonchev–Trinajstić information content (AvgIpc) is 2.95. The van der Waals surface area contributed by atoms with Crippen molar-refractivity contribution in [1.82, 2.24) is 25.0 Å². The summed E-state index contributed by atoms with van der Waals surface area (Å²) < 4.78 is 2.35. The monoisotopic (exact) mass is 380 g/mol. The molecule has 4 rings (SSSR count). The van der Waals surface area contributed by atoms with E-state index in [1.165, 1.54) is 36.2 Å². The number of aryl methyl sites for hydroxylation is 2. The first-order valence-corrected chi connectivity index (χ1v) is 10.9. The van der Waals surface area contributed by atoms with Gasteiger partial charge in [0.1, 0.15) is 11.6 Å². The highest BCUT2D eigenvalue weighted by Gasteiger charge is 2.18. The Morgan fingerprint density at radius 3 is 2.86 bits per heavy atom. The van der Waals surface area contributed by atoms with E-state index < -0.39 is 0 Å². The molecule has 0 unspecified atom stereocenters. The molecule has 2 aliphatic heterocycles. The van der Waals surface area contributed by atoms with E-state index in [1.807, 2.05) is 0 Å². The van der Waals surface area contributed by atoms with Crippen LogP contribution in [0.5, 0.6) is 0 Å². The van der Waals surface area contributed by atoms with E-state index in [2.05, 4.69) is 56.2 Å². The van der Waals surface area contributed by atoms with Gasteiger partial charge in [0.2, 0.25) is 0 Å². The van der Waals surface area contributed by atoms with Crippen molar-refractivity contribution in [2.75, 3.05) is 19.6 Å². The number of aromatic nitrogens is 3. The molecule has 0 amide bonds. The lowest BCUT2D eigenvalue weighted by molar-refractivity contribution is 0.378. The van der Waals surface area contributed by atoms with Gasteiger partial charge in [-0.2, -0.15) is 0 Å². The Kier molecular flexibility index (Phi) is 6.24. The lowest BCUT2D eigenvalue weighted by Gasteiger charge is -2.31. The molecule has 1 N–H and O–H groups in total. The van der Waals surface area contributed by atoms with E-state index in [0.717, 1.165) is 70.2 Å². The van der Waals surface area contributed by atoms with Gasteiger partial charge in [0, 0.05) is 45.6 Å². The second-order valence-electron chi connectivity index (χ2n) is 7.77. The van der Waals surface area contributed by atoms with Gasteiger partial charge in [-0.05, 0) is 43.7 Å². The van der Waals surface area contributed by atoms with Crippen molar-refractivity contribution in [2.24, 2.45) is 4.99 Å². The van der Waals surface area contributed by atoms with Crippen LogP contribution in [0.3, 0.4) is 0 Å². The third kappa shape index (κ3) is 4.37. The minimum Gasteiger partial charge on any atom is -0.357 e. The second-order valence-corrected chi connectivity index (χ2v) is 7.77. The van der Waals surface area contributed by atoms with Gasteiger partial charge < -0.3 is 14.8 Å². The number of hydrogen-bond acceptors (Lipinski definition) is 3. The highest BCUT2D eigenvalue weighted by molar-refractivity contribution is 5.80. The zero-order valence-corrected chi connectivity index (χ0v) is 17.0. The van der Waals surface area contributed by atoms with E-state index in [0.29, 0.717) is 0 Å². The SMILES string of the molecule is CCNC(=NCCCc1nnc2n1CCCCC2)N1CCc2ccccc2C1. The maximum absolute atomic E-state index is 4.91. The molecule has 0 bridgehead atoms. The fraction of sp³-hybridized carbons (Fsp3) is 0.591. The number of benzene rings is 1. The minimum absolute atomic E-state index is 0.822. The number of fused-ring (bicyclic) bond motifs is 2. The summed E-state index contributed by atoms with van der Waals surface area (Å²) in [5.74, 6) is 3.36. The van der Waals surface area contributed by atoms with Crippen molar-refractivity contribution in [3.63, 3.8) is 0 Å². The molecule has 0 saturated heterocycles. The number of aliphatic imine (C=N–C) groups is 1. The normalized spacial score (nSPS) is 17.0. The van der Waals surface area contributed by atoms with Crippen molar-refractivity contribution >= 4 is 5.96 Å². The van der Waals surface area contributed by atoms with Crippen LogP contribution in [0.1, 0.15) is 55.4 Å². The molecule has 6 nitrogen and oxygen atoms in total. The van der Waals surface area contributed by atoms with Crippen LogP contribution in [-0.4, -0.2) is 45.3 Å². The maximum Gasteiger partial charge on any atom is 0.194 e. The van der Waals surface area contributed by atoms with Crippen molar-refractivity contribution in [3.8, 4) is 0 Å². The molecule has 0 spiro atoms. The van der Waals surface area contributed by atoms with Crippen LogP contribution in [-0.2, 0) is 32.4 Å². The summed E-state index contributed by atoms with van der Waals surface area (Å²) >= 11 is 0. The molecule has 0 saturated carbocycles. The van der Waals surface area contributed by atoms with E-state index in [1.54, 1.807) is 0 Å². The van der Waals surface area contributed by atoms with E-state index in [4.69, 9.17) is 4.99 Å². The molecular weight excluding hydrogens is 348 g/mol. The first kappa shape index (κ1) is 19.0. The Morgan fingerprint density at radius 2 is 1.96 bits per heavy atom. The van der Waals surface area contributed by atoms with Crippen LogP contribution in [0.4, 0.5) is 0 Å². The smallest absolute Gasteiger partial charge is 0.194 e. The molecule has 2 aromatic rings. The molecular formula is C22H32N6. The van der Waals surface area contributed by atoms with Crippen molar-refractivity contribution in [2.45, 2.75) is 65.0 Å². The van der Waals surface area contributed by atoms with Gasteiger partial charge in [-0.1, -0.05) is 30.7 Å². The van der Waals surface area contributed by atoms with E-state index in [9.17, 15) is 0 Å². The summed E-state index contributed by atoms with van der Waals surface area (Å²) in [6, 6.07) is 8.76. The molecule has 1 aromatic heterocycles. The number of nitrogens with one attached hydrogen (secondary N) is 1. The Labute approximate surface area is 168 Å². The van der Waals surface area contributed by atoms with Crippen LogP contribution >= 0.6 is 0 Å². The lowest BCUT2D eigenvalue weighted by Crippen LogP contribution is -2.44. The topological polar surface area (TPSA) is 58.3 Å². The highest BCUT2D eigenvalue weighted by atomic mass is 15.3. The summed E-state index contributed by atoms with van der Waals surface area (Å²) in [7, 11) is 0. The molecule has 0 atom stereocenters.